The number of thiophene rings is 1. The molecule has 3 nitrogen and oxygen atoms in total. The highest BCUT2D eigenvalue weighted by Gasteiger charge is 2.31. The molecule has 94 valence electrons. The van der Waals surface area contributed by atoms with E-state index in [-0.39, 0.29) is 18.1 Å². The Balaban J connectivity index is 2.11. The molecule has 4 heteroatoms. The van der Waals surface area contributed by atoms with Crippen LogP contribution in [0.4, 0.5) is 0 Å². The lowest BCUT2D eigenvalue weighted by molar-refractivity contribution is 0.0686. The fourth-order valence-electron chi connectivity index (χ4n) is 2.46. The normalized spacial score (nSPS) is 21.8. The first-order valence-electron chi connectivity index (χ1n) is 6.12. The van der Waals surface area contributed by atoms with Crippen LogP contribution in [0.2, 0.25) is 0 Å². The van der Waals surface area contributed by atoms with Crippen molar-refractivity contribution in [3.8, 4) is 0 Å². The molecule has 0 radical (unpaired) electrons. The van der Waals surface area contributed by atoms with Crippen molar-refractivity contribution in [2.24, 2.45) is 0 Å². The average molecular weight is 253 g/mol. The molecule has 0 spiro atoms. The van der Waals surface area contributed by atoms with E-state index in [0.29, 0.717) is 6.42 Å². The number of aliphatic hydroxyl groups is 1. The maximum absolute atomic E-state index is 12.4. The zero-order valence-electron chi connectivity index (χ0n) is 10.3. The molecule has 2 heterocycles. The molecule has 0 saturated carbocycles. The van der Waals surface area contributed by atoms with Gasteiger partial charge in [-0.1, -0.05) is 0 Å². The Labute approximate surface area is 106 Å². The maximum Gasteiger partial charge on any atom is 0.264 e. The van der Waals surface area contributed by atoms with Crippen LogP contribution in [0.15, 0.2) is 11.4 Å². The lowest BCUT2D eigenvalue weighted by Gasteiger charge is -2.25. The second-order valence-corrected chi connectivity index (χ2v) is 5.73. The Hall–Kier alpha value is -0.870. The van der Waals surface area contributed by atoms with Gasteiger partial charge in [-0.15, -0.1) is 11.3 Å². The summed E-state index contributed by atoms with van der Waals surface area (Å²) in [6.45, 7) is 4.59. The minimum atomic E-state index is -0.335. The van der Waals surface area contributed by atoms with Crippen LogP contribution in [0.3, 0.4) is 0 Å². The number of hydrogen-bond acceptors (Lipinski definition) is 3. The zero-order valence-corrected chi connectivity index (χ0v) is 11.2. The van der Waals surface area contributed by atoms with Crippen molar-refractivity contribution in [1.29, 1.82) is 0 Å². The molecule has 1 N–H and O–H groups in total. The number of amides is 1. The van der Waals surface area contributed by atoms with Gasteiger partial charge in [-0.3, -0.25) is 4.79 Å². The number of hydrogen-bond donors (Lipinski definition) is 1. The average Bonchev–Trinajstić information content (AvgIpc) is 2.85. The second-order valence-electron chi connectivity index (χ2n) is 4.81. The van der Waals surface area contributed by atoms with Crippen molar-refractivity contribution in [1.82, 2.24) is 4.90 Å². The van der Waals surface area contributed by atoms with E-state index in [2.05, 4.69) is 0 Å². The lowest BCUT2D eigenvalue weighted by atomic mass is 10.1. The molecule has 1 amide bonds. The molecule has 1 aromatic rings. The van der Waals surface area contributed by atoms with Gasteiger partial charge >= 0.3 is 0 Å². The van der Waals surface area contributed by atoms with Crippen molar-refractivity contribution in [2.75, 3.05) is 6.54 Å². The topological polar surface area (TPSA) is 40.5 Å². The molecule has 2 atom stereocenters. The zero-order chi connectivity index (χ0) is 12.4. The van der Waals surface area contributed by atoms with Gasteiger partial charge in [0.15, 0.2) is 0 Å². The summed E-state index contributed by atoms with van der Waals surface area (Å²) in [5.41, 5.74) is 1.06. The minimum Gasteiger partial charge on any atom is -0.393 e. The standard InChI is InChI=1S/C13H19NO2S/c1-9-5-7-17-12(9)13(16)14-6-3-4-11(14)8-10(2)15/h5,7,10-11,15H,3-4,6,8H2,1-2H3/t10-,11-/m1/s1. The minimum absolute atomic E-state index is 0.139. The van der Waals surface area contributed by atoms with Gasteiger partial charge in [-0.05, 0) is 50.1 Å². The Morgan fingerprint density at radius 2 is 2.47 bits per heavy atom. The number of aliphatic hydroxyl groups excluding tert-OH is 1. The number of carbonyl (C=O) groups excluding carboxylic acids is 1. The summed E-state index contributed by atoms with van der Waals surface area (Å²) in [6, 6.07) is 2.20. The van der Waals surface area contributed by atoms with E-state index >= 15 is 0 Å². The number of carbonyl (C=O) groups is 1. The Bertz CT molecular complexity index is 400. The summed E-state index contributed by atoms with van der Waals surface area (Å²) in [7, 11) is 0. The highest BCUT2D eigenvalue weighted by atomic mass is 32.1. The van der Waals surface area contributed by atoms with Crippen LogP contribution in [0.25, 0.3) is 0 Å². The van der Waals surface area contributed by atoms with E-state index < -0.39 is 0 Å². The van der Waals surface area contributed by atoms with E-state index in [1.807, 2.05) is 23.3 Å². The number of aryl methyl sites for hydroxylation is 1. The monoisotopic (exact) mass is 253 g/mol. The van der Waals surface area contributed by atoms with Crippen molar-refractivity contribution >= 4 is 17.2 Å². The molecule has 1 saturated heterocycles. The van der Waals surface area contributed by atoms with Gasteiger partial charge < -0.3 is 10.0 Å². The van der Waals surface area contributed by atoms with E-state index in [9.17, 15) is 9.90 Å². The molecule has 17 heavy (non-hydrogen) atoms. The highest BCUT2D eigenvalue weighted by molar-refractivity contribution is 7.12. The van der Waals surface area contributed by atoms with E-state index in [4.69, 9.17) is 0 Å². The first-order valence-corrected chi connectivity index (χ1v) is 7.00. The molecule has 1 aromatic heterocycles. The molecule has 0 unspecified atom stereocenters. The third-order valence-electron chi connectivity index (χ3n) is 3.31. The van der Waals surface area contributed by atoms with Gasteiger partial charge in [0.25, 0.3) is 5.91 Å². The van der Waals surface area contributed by atoms with Gasteiger partial charge in [0.2, 0.25) is 0 Å². The van der Waals surface area contributed by atoms with Crippen LogP contribution >= 0.6 is 11.3 Å². The molecule has 0 bridgehead atoms. The predicted octanol–water partition coefficient (Wildman–Crippen LogP) is 2.43. The summed E-state index contributed by atoms with van der Waals surface area (Å²) >= 11 is 1.51. The summed E-state index contributed by atoms with van der Waals surface area (Å²) in [4.78, 5) is 15.2. The van der Waals surface area contributed by atoms with Crippen LogP contribution < -0.4 is 0 Å². The van der Waals surface area contributed by atoms with Crippen LogP contribution in [-0.4, -0.2) is 34.6 Å². The Morgan fingerprint density at radius 1 is 1.71 bits per heavy atom. The lowest BCUT2D eigenvalue weighted by Crippen LogP contribution is -2.37. The first kappa shape index (κ1) is 12.6. The van der Waals surface area contributed by atoms with Crippen LogP contribution in [0.1, 0.15) is 41.4 Å². The highest BCUT2D eigenvalue weighted by Crippen LogP contribution is 2.26. The van der Waals surface area contributed by atoms with Crippen LogP contribution in [-0.2, 0) is 0 Å². The van der Waals surface area contributed by atoms with E-state index in [1.165, 1.54) is 11.3 Å². The van der Waals surface area contributed by atoms with Crippen LogP contribution in [0.5, 0.6) is 0 Å². The number of nitrogens with zero attached hydrogens (tertiary/aromatic N) is 1. The Kier molecular flexibility index (Phi) is 3.84. The molecular formula is C13H19NO2S. The number of likely N-dealkylation sites (tertiary alicyclic amines) is 1. The van der Waals surface area contributed by atoms with Gasteiger partial charge in [-0.2, -0.15) is 0 Å². The quantitative estimate of drug-likeness (QED) is 0.898. The van der Waals surface area contributed by atoms with Gasteiger partial charge in [0, 0.05) is 12.6 Å². The van der Waals surface area contributed by atoms with Gasteiger partial charge in [0.05, 0.1) is 11.0 Å². The number of rotatable bonds is 3. The second kappa shape index (κ2) is 5.19. The molecule has 2 rings (SSSR count). The summed E-state index contributed by atoms with van der Waals surface area (Å²) in [6.07, 6.45) is 2.42. The molecule has 1 aliphatic heterocycles. The summed E-state index contributed by atoms with van der Waals surface area (Å²) < 4.78 is 0. The SMILES string of the molecule is Cc1ccsc1C(=O)N1CCC[C@@H]1C[C@@H](C)O. The van der Waals surface area contributed by atoms with Crippen LogP contribution in [0, 0.1) is 6.92 Å². The molecule has 1 fully saturated rings. The molecule has 0 aromatic carbocycles. The third kappa shape index (κ3) is 2.69. The predicted molar refractivity (Wildman–Crippen MR) is 69.4 cm³/mol. The van der Waals surface area contributed by atoms with E-state index in [1.54, 1.807) is 6.92 Å². The summed E-state index contributed by atoms with van der Waals surface area (Å²) in [5, 5.41) is 11.4. The van der Waals surface area contributed by atoms with Crippen molar-refractivity contribution in [2.45, 2.75) is 45.3 Å². The van der Waals surface area contributed by atoms with Gasteiger partial charge in [0.1, 0.15) is 0 Å². The van der Waals surface area contributed by atoms with Gasteiger partial charge in [-0.25, -0.2) is 0 Å². The Morgan fingerprint density at radius 3 is 3.06 bits per heavy atom. The summed E-state index contributed by atoms with van der Waals surface area (Å²) in [5.74, 6) is 0.139. The third-order valence-corrected chi connectivity index (χ3v) is 4.31. The molecule has 0 aliphatic carbocycles. The van der Waals surface area contributed by atoms with Crippen molar-refractivity contribution in [3.05, 3.63) is 21.9 Å². The first-order chi connectivity index (χ1) is 8.09. The van der Waals surface area contributed by atoms with Crippen molar-refractivity contribution < 1.29 is 9.90 Å². The fourth-order valence-corrected chi connectivity index (χ4v) is 3.34. The van der Waals surface area contributed by atoms with Crippen molar-refractivity contribution in [3.63, 3.8) is 0 Å². The smallest absolute Gasteiger partial charge is 0.264 e. The molecular weight excluding hydrogens is 234 g/mol. The fraction of sp³-hybridized carbons (Fsp3) is 0.615. The maximum atomic E-state index is 12.4. The molecule has 1 aliphatic rings. The van der Waals surface area contributed by atoms with E-state index in [0.717, 1.165) is 29.8 Å². The largest absolute Gasteiger partial charge is 0.393 e.